The van der Waals surface area contributed by atoms with Crippen LogP contribution in [0.2, 0.25) is 0 Å². The Kier molecular flexibility index (Phi) is 5.15. The van der Waals surface area contributed by atoms with Crippen molar-refractivity contribution in [2.75, 3.05) is 20.3 Å². The van der Waals surface area contributed by atoms with Gasteiger partial charge in [0.25, 0.3) is 0 Å². The van der Waals surface area contributed by atoms with Crippen LogP contribution >= 0.6 is 0 Å². The van der Waals surface area contributed by atoms with Crippen molar-refractivity contribution >= 4 is 5.84 Å². The zero-order chi connectivity index (χ0) is 7.11. The van der Waals surface area contributed by atoms with Crippen molar-refractivity contribution in [1.82, 2.24) is 5.43 Å². The molecule has 0 bridgehead atoms. The third-order valence-corrected chi connectivity index (χ3v) is 0.853. The average molecular weight is 131 g/mol. The fourth-order valence-electron chi connectivity index (χ4n) is 0.350. The van der Waals surface area contributed by atoms with Crippen molar-refractivity contribution in [3.63, 3.8) is 0 Å². The van der Waals surface area contributed by atoms with Crippen molar-refractivity contribution in [3.05, 3.63) is 0 Å². The van der Waals surface area contributed by atoms with Gasteiger partial charge in [0.1, 0.15) is 5.84 Å². The molecule has 0 aliphatic heterocycles. The lowest BCUT2D eigenvalue weighted by Gasteiger charge is -1.96. The van der Waals surface area contributed by atoms with Crippen molar-refractivity contribution in [2.45, 2.75) is 6.92 Å². The van der Waals surface area contributed by atoms with Gasteiger partial charge in [-0.2, -0.15) is 0 Å². The largest absolute Gasteiger partial charge is 0.383 e. The van der Waals surface area contributed by atoms with Crippen LogP contribution in [0.1, 0.15) is 6.92 Å². The summed E-state index contributed by atoms with van der Waals surface area (Å²) in [4.78, 5) is 3.99. The molecule has 4 nitrogen and oxygen atoms in total. The lowest BCUT2D eigenvalue weighted by Crippen LogP contribution is -2.28. The number of hydrazine groups is 1. The molecule has 54 valence electrons. The fraction of sp³-hybridized carbons (Fsp3) is 0.800. The van der Waals surface area contributed by atoms with Gasteiger partial charge >= 0.3 is 0 Å². The Morgan fingerprint density at radius 2 is 2.44 bits per heavy atom. The molecule has 0 amide bonds. The molecular formula is C5H13N3O. The van der Waals surface area contributed by atoms with E-state index in [0.29, 0.717) is 13.2 Å². The van der Waals surface area contributed by atoms with Crippen molar-refractivity contribution < 1.29 is 4.74 Å². The summed E-state index contributed by atoms with van der Waals surface area (Å²) in [7, 11) is 1.64. The Morgan fingerprint density at radius 3 is 2.89 bits per heavy atom. The van der Waals surface area contributed by atoms with Crippen LogP contribution in [-0.2, 0) is 4.74 Å². The number of hydrogen-bond acceptors (Lipinski definition) is 3. The first-order valence-corrected chi connectivity index (χ1v) is 2.78. The maximum atomic E-state index is 5.03. The van der Waals surface area contributed by atoms with Gasteiger partial charge in [-0.3, -0.25) is 4.99 Å². The summed E-state index contributed by atoms with van der Waals surface area (Å²) in [5.74, 6) is 5.76. The lowest BCUT2D eigenvalue weighted by atomic mass is 10.6. The first kappa shape index (κ1) is 8.39. The second kappa shape index (κ2) is 5.53. The smallest absolute Gasteiger partial charge is 0.107 e. The highest BCUT2D eigenvalue weighted by molar-refractivity contribution is 5.78. The molecular weight excluding hydrogens is 118 g/mol. The Hall–Kier alpha value is -0.610. The number of nitrogens with one attached hydrogen (secondary N) is 1. The quantitative estimate of drug-likeness (QED) is 0.179. The van der Waals surface area contributed by atoms with Gasteiger partial charge < -0.3 is 10.2 Å². The first-order chi connectivity index (χ1) is 4.31. The standard InChI is InChI=1S/C5H13N3O/c1-5(8-6)7-3-4-9-2/h3-4,6H2,1-2H3,(H,7,8). The van der Waals surface area contributed by atoms with E-state index in [4.69, 9.17) is 10.6 Å². The van der Waals surface area contributed by atoms with E-state index in [1.54, 1.807) is 14.0 Å². The number of ether oxygens (including phenoxy) is 1. The predicted molar refractivity (Wildman–Crippen MR) is 37.2 cm³/mol. The number of rotatable bonds is 3. The number of amidine groups is 1. The minimum absolute atomic E-state index is 0.638. The maximum Gasteiger partial charge on any atom is 0.107 e. The van der Waals surface area contributed by atoms with Crippen LogP contribution in [0.25, 0.3) is 0 Å². The van der Waals surface area contributed by atoms with E-state index in [0.717, 1.165) is 5.84 Å². The lowest BCUT2D eigenvalue weighted by molar-refractivity contribution is 0.208. The summed E-state index contributed by atoms with van der Waals surface area (Å²) in [5.41, 5.74) is 2.42. The van der Waals surface area contributed by atoms with E-state index in [9.17, 15) is 0 Å². The summed E-state index contributed by atoms with van der Waals surface area (Å²) >= 11 is 0. The van der Waals surface area contributed by atoms with Crippen molar-refractivity contribution in [1.29, 1.82) is 0 Å². The number of nitrogens with two attached hydrogens (primary N) is 1. The number of aliphatic imine (C=N–C) groups is 1. The molecule has 0 aliphatic rings. The zero-order valence-electron chi connectivity index (χ0n) is 5.85. The molecule has 0 heterocycles. The molecule has 9 heavy (non-hydrogen) atoms. The Balaban J connectivity index is 3.21. The maximum absolute atomic E-state index is 5.03. The molecule has 0 saturated heterocycles. The fourth-order valence-corrected chi connectivity index (χ4v) is 0.350. The van der Waals surface area contributed by atoms with E-state index >= 15 is 0 Å². The van der Waals surface area contributed by atoms with Gasteiger partial charge in [-0.1, -0.05) is 0 Å². The topological polar surface area (TPSA) is 59.6 Å². The minimum atomic E-state index is 0.638. The summed E-state index contributed by atoms with van der Waals surface area (Å²) in [5, 5.41) is 0. The molecule has 0 fully saturated rings. The van der Waals surface area contributed by atoms with Gasteiger partial charge in [0.2, 0.25) is 0 Å². The van der Waals surface area contributed by atoms with Gasteiger partial charge in [0.15, 0.2) is 0 Å². The second-order valence-electron chi connectivity index (χ2n) is 1.60. The molecule has 0 aromatic carbocycles. The number of hydrogen-bond donors (Lipinski definition) is 2. The average Bonchev–Trinajstić information content (AvgIpc) is 1.89. The molecule has 0 saturated carbocycles. The highest BCUT2D eigenvalue weighted by atomic mass is 16.5. The molecule has 0 aromatic rings. The minimum Gasteiger partial charge on any atom is -0.383 e. The molecule has 0 atom stereocenters. The SMILES string of the molecule is COCCN=C(C)NN. The molecule has 3 N–H and O–H groups in total. The third-order valence-electron chi connectivity index (χ3n) is 0.853. The van der Waals surface area contributed by atoms with Crippen molar-refractivity contribution in [2.24, 2.45) is 10.8 Å². The summed E-state index contributed by atoms with van der Waals surface area (Å²) in [6.45, 7) is 3.10. The van der Waals surface area contributed by atoms with Crippen LogP contribution in [0.15, 0.2) is 4.99 Å². The Morgan fingerprint density at radius 1 is 1.78 bits per heavy atom. The zero-order valence-corrected chi connectivity index (χ0v) is 5.85. The molecule has 0 aromatic heterocycles. The molecule has 0 unspecified atom stereocenters. The van der Waals surface area contributed by atoms with E-state index in [1.165, 1.54) is 0 Å². The number of methoxy groups -OCH3 is 1. The molecule has 0 rings (SSSR count). The molecule has 0 radical (unpaired) electrons. The van der Waals surface area contributed by atoms with Crippen LogP contribution in [0.3, 0.4) is 0 Å². The van der Waals surface area contributed by atoms with Crippen LogP contribution in [-0.4, -0.2) is 26.1 Å². The van der Waals surface area contributed by atoms with Gasteiger partial charge in [-0.25, -0.2) is 5.84 Å². The summed E-state index contributed by atoms with van der Waals surface area (Å²) in [6, 6.07) is 0. The monoisotopic (exact) mass is 131 g/mol. The highest BCUT2D eigenvalue weighted by Gasteiger charge is 1.82. The molecule has 0 spiro atoms. The van der Waals surface area contributed by atoms with Crippen LogP contribution in [0.4, 0.5) is 0 Å². The normalized spacial score (nSPS) is 11.7. The van der Waals surface area contributed by atoms with Crippen LogP contribution in [0, 0.1) is 0 Å². The number of nitrogens with zero attached hydrogens (tertiary/aromatic N) is 1. The van der Waals surface area contributed by atoms with E-state index in [1.807, 2.05) is 0 Å². The predicted octanol–water partition coefficient (Wildman–Crippen LogP) is -0.485. The van der Waals surface area contributed by atoms with E-state index in [2.05, 4.69) is 10.4 Å². The van der Waals surface area contributed by atoms with Gasteiger partial charge in [-0.15, -0.1) is 0 Å². The third kappa shape index (κ3) is 5.26. The van der Waals surface area contributed by atoms with E-state index < -0.39 is 0 Å². The van der Waals surface area contributed by atoms with Gasteiger partial charge in [0.05, 0.1) is 13.2 Å². The van der Waals surface area contributed by atoms with Crippen LogP contribution in [0.5, 0.6) is 0 Å². The van der Waals surface area contributed by atoms with E-state index in [-0.39, 0.29) is 0 Å². The highest BCUT2D eigenvalue weighted by Crippen LogP contribution is 1.72. The summed E-state index contributed by atoms with van der Waals surface area (Å²) < 4.78 is 4.76. The van der Waals surface area contributed by atoms with Gasteiger partial charge in [-0.05, 0) is 6.92 Å². The van der Waals surface area contributed by atoms with Gasteiger partial charge in [0, 0.05) is 7.11 Å². The Labute approximate surface area is 55.1 Å². The second-order valence-corrected chi connectivity index (χ2v) is 1.60. The Bertz CT molecular complexity index is 92.2. The first-order valence-electron chi connectivity index (χ1n) is 2.78. The van der Waals surface area contributed by atoms with Crippen molar-refractivity contribution in [3.8, 4) is 0 Å². The molecule has 0 aliphatic carbocycles. The molecule has 4 heteroatoms. The van der Waals surface area contributed by atoms with Crippen LogP contribution < -0.4 is 11.3 Å². The summed E-state index contributed by atoms with van der Waals surface area (Å²) in [6.07, 6.45) is 0.